The molecule has 2 aromatic rings. The van der Waals surface area contributed by atoms with E-state index < -0.39 is 28.5 Å². The van der Waals surface area contributed by atoms with Gasteiger partial charge >= 0.3 is 5.69 Å². The Kier molecular flexibility index (Phi) is 7.82. The Morgan fingerprint density at radius 3 is 2.09 bits per heavy atom. The first-order valence-electron chi connectivity index (χ1n) is 11.8. The molecule has 0 spiro atoms. The Balaban J connectivity index is 0.000000469. The fourth-order valence-electron chi connectivity index (χ4n) is 4.75. The van der Waals surface area contributed by atoms with E-state index >= 15 is 0 Å². The van der Waals surface area contributed by atoms with E-state index in [1.54, 1.807) is 30.3 Å². The number of nitrogens with zero attached hydrogens (tertiary/aromatic N) is 2. The van der Waals surface area contributed by atoms with Gasteiger partial charge in [-0.3, -0.25) is 14.2 Å². The molecule has 0 bridgehead atoms. The highest BCUT2D eigenvalue weighted by Crippen LogP contribution is 2.43. The third-order valence-electron chi connectivity index (χ3n) is 6.57. The number of aliphatic hydroxyl groups is 1. The van der Waals surface area contributed by atoms with Crippen LogP contribution in [0.2, 0.25) is 0 Å². The highest BCUT2D eigenvalue weighted by atomic mass is 16.3. The predicted molar refractivity (Wildman–Crippen MR) is 128 cm³/mol. The third kappa shape index (κ3) is 5.33. The molecule has 8 nitrogen and oxygen atoms in total. The van der Waals surface area contributed by atoms with Crippen molar-refractivity contribution >= 4 is 5.78 Å². The van der Waals surface area contributed by atoms with Gasteiger partial charge in [0.25, 0.3) is 5.56 Å². The van der Waals surface area contributed by atoms with Gasteiger partial charge < -0.3 is 20.1 Å². The number of hydrogen-bond donors (Lipinski definition) is 2. The molecule has 34 heavy (non-hydrogen) atoms. The predicted octanol–water partition coefficient (Wildman–Crippen LogP) is 1.22. The molecule has 0 amide bonds. The number of aliphatic hydroxyl groups excluding tert-OH is 1. The lowest BCUT2D eigenvalue weighted by molar-refractivity contribution is -0.662. The summed E-state index contributed by atoms with van der Waals surface area (Å²) in [6, 6.07) is 8.63. The zero-order chi connectivity index (χ0) is 25.0. The minimum atomic E-state index is -1.04. The molecule has 0 saturated carbocycles. The summed E-state index contributed by atoms with van der Waals surface area (Å²) in [5.74, 6) is -2.23. The van der Waals surface area contributed by atoms with Gasteiger partial charge in [-0.05, 0) is 36.1 Å². The number of piperidine rings is 1. The van der Waals surface area contributed by atoms with Crippen molar-refractivity contribution in [2.45, 2.75) is 51.9 Å². The van der Waals surface area contributed by atoms with Crippen molar-refractivity contribution in [3.63, 3.8) is 0 Å². The second-order valence-electron chi connectivity index (χ2n) is 10.00. The van der Waals surface area contributed by atoms with Crippen LogP contribution >= 0.6 is 0 Å². The summed E-state index contributed by atoms with van der Waals surface area (Å²) in [7, 11) is 2.57. The zero-order valence-corrected chi connectivity index (χ0v) is 20.5. The first-order chi connectivity index (χ1) is 16.0. The van der Waals surface area contributed by atoms with E-state index in [-0.39, 0.29) is 35.5 Å². The number of quaternary nitrogens is 1. The normalized spacial score (nSPS) is 18.8. The van der Waals surface area contributed by atoms with E-state index in [1.807, 2.05) is 13.8 Å². The average Bonchev–Trinajstić information content (AvgIpc) is 2.81. The van der Waals surface area contributed by atoms with E-state index in [0.717, 1.165) is 9.13 Å². The summed E-state index contributed by atoms with van der Waals surface area (Å²) in [6.07, 6.45) is 4.81. The van der Waals surface area contributed by atoms with Crippen molar-refractivity contribution in [3.8, 4) is 5.88 Å². The summed E-state index contributed by atoms with van der Waals surface area (Å²) in [4.78, 5) is 38.0. The van der Waals surface area contributed by atoms with Gasteiger partial charge in [0.05, 0.1) is 13.1 Å². The van der Waals surface area contributed by atoms with Crippen LogP contribution in [0.1, 0.15) is 63.0 Å². The maximum Gasteiger partial charge on any atom is 0.329 e. The van der Waals surface area contributed by atoms with Gasteiger partial charge in [-0.15, -0.1) is 0 Å². The molecule has 1 fully saturated rings. The summed E-state index contributed by atoms with van der Waals surface area (Å²) in [5, 5.41) is 26.0. The summed E-state index contributed by atoms with van der Waals surface area (Å²) >= 11 is 0. The largest absolute Gasteiger partial charge is 0.860 e. The number of ketones is 1. The lowest BCUT2D eigenvalue weighted by atomic mass is 9.71. The number of nitrogens with two attached hydrogens (primary N) is 1. The standard InChI is InChI=1S/C21H24N2O5.C5H11N/c1-21(2)10-13(24)16(14(25)11-21)15(12-8-6-5-7-9-12)17-18(26)22(3)20(28)23(4)19(17)27;1-2-4-6-5-3-1/h5-9,15,24,26H,10-11H2,1-4H3;6H,1-5H2. The third-order valence-corrected chi connectivity index (χ3v) is 6.57. The van der Waals surface area contributed by atoms with Crippen LogP contribution in [-0.2, 0) is 18.9 Å². The molecule has 1 saturated heterocycles. The molecule has 0 radical (unpaired) electrons. The topological polar surface area (TPSA) is 121 Å². The van der Waals surface area contributed by atoms with Crippen LogP contribution in [-0.4, -0.2) is 33.1 Å². The SMILES string of the molecule is C1CC[NH2+]CC1.Cn1c([O-])c(C(C2=C(O)CC(C)(C)CC2=O)c2ccccc2)c(=O)n(C)c1=O. The molecule has 1 atom stereocenters. The van der Waals surface area contributed by atoms with Crippen molar-refractivity contribution in [1.82, 2.24) is 9.13 Å². The zero-order valence-electron chi connectivity index (χ0n) is 20.5. The molecule has 8 heteroatoms. The van der Waals surface area contributed by atoms with Crippen molar-refractivity contribution in [2.24, 2.45) is 19.5 Å². The van der Waals surface area contributed by atoms with Crippen LogP contribution in [0, 0.1) is 5.41 Å². The van der Waals surface area contributed by atoms with Crippen molar-refractivity contribution in [2.75, 3.05) is 13.1 Å². The smallest absolute Gasteiger partial charge is 0.329 e. The maximum absolute atomic E-state index is 13.0. The lowest BCUT2D eigenvalue weighted by Crippen LogP contribution is -2.85. The number of hydrogen-bond acceptors (Lipinski definition) is 5. The number of carbonyl (C=O) groups is 1. The van der Waals surface area contributed by atoms with E-state index in [1.165, 1.54) is 46.4 Å². The van der Waals surface area contributed by atoms with Gasteiger partial charge in [0.1, 0.15) is 5.76 Å². The number of benzene rings is 1. The number of allylic oxidation sites excluding steroid dienone is 2. The number of rotatable bonds is 3. The Morgan fingerprint density at radius 1 is 0.971 bits per heavy atom. The molecule has 1 unspecified atom stereocenters. The Hall–Kier alpha value is -3.13. The van der Waals surface area contributed by atoms with Crippen LogP contribution < -0.4 is 21.7 Å². The first kappa shape index (κ1) is 25.5. The number of Topliss-reactive ketones (excluding diaryl/α,β-unsaturated/α-hetero) is 1. The molecule has 2 aliphatic rings. The Labute approximate surface area is 199 Å². The molecule has 1 aromatic carbocycles. The molecule has 1 aliphatic heterocycles. The highest BCUT2D eigenvalue weighted by Gasteiger charge is 2.39. The average molecular weight is 470 g/mol. The quantitative estimate of drug-likeness (QED) is 0.700. The second-order valence-corrected chi connectivity index (χ2v) is 10.00. The fourth-order valence-corrected chi connectivity index (χ4v) is 4.75. The van der Waals surface area contributed by atoms with E-state index in [2.05, 4.69) is 5.32 Å². The highest BCUT2D eigenvalue weighted by molar-refractivity contribution is 5.99. The van der Waals surface area contributed by atoms with Gasteiger partial charge in [-0.2, -0.15) is 0 Å². The molecule has 3 N–H and O–H groups in total. The van der Waals surface area contributed by atoms with E-state index in [4.69, 9.17) is 0 Å². The molecule has 1 aliphatic carbocycles. The van der Waals surface area contributed by atoms with Gasteiger partial charge in [0.15, 0.2) is 5.78 Å². The van der Waals surface area contributed by atoms with Crippen LogP contribution in [0.3, 0.4) is 0 Å². The van der Waals surface area contributed by atoms with Crippen molar-refractivity contribution in [1.29, 1.82) is 0 Å². The molecule has 2 heterocycles. The van der Waals surface area contributed by atoms with E-state index in [0.29, 0.717) is 5.56 Å². The van der Waals surface area contributed by atoms with Gasteiger partial charge in [-0.25, -0.2) is 4.79 Å². The monoisotopic (exact) mass is 469 g/mol. The minimum absolute atomic E-state index is 0.0540. The van der Waals surface area contributed by atoms with Crippen LogP contribution in [0.5, 0.6) is 5.88 Å². The maximum atomic E-state index is 13.0. The molecule has 1 aromatic heterocycles. The second kappa shape index (κ2) is 10.4. The van der Waals surface area contributed by atoms with Gasteiger partial charge in [0.2, 0.25) is 0 Å². The molecular weight excluding hydrogens is 434 g/mol. The fraction of sp³-hybridized carbons (Fsp3) is 0.500. The van der Waals surface area contributed by atoms with Gasteiger partial charge in [-0.1, -0.05) is 44.2 Å². The van der Waals surface area contributed by atoms with Crippen LogP contribution in [0.25, 0.3) is 0 Å². The molecular formula is C26H35N3O5. The minimum Gasteiger partial charge on any atom is -0.860 e. The summed E-state index contributed by atoms with van der Waals surface area (Å²) in [5.41, 5.74) is -1.55. The van der Waals surface area contributed by atoms with Crippen LogP contribution in [0.15, 0.2) is 51.3 Å². The first-order valence-corrected chi connectivity index (χ1v) is 11.8. The Bertz CT molecular complexity index is 1180. The van der Waals surface area contributed by atoms with Crippen LogP contribution in [0.4, 0.5) is 0 Å². The number of carbonyl (C=O) groups excluding carboxylic acids is 1. The Morgan fingerprint density at radius 2 is 1.59 bits per heavy atom. The lowest BCUT2D eigenvalue weighted by Gasteiger charge is -2.34. The van der Waals surface area contributed by atoms with Crippen molar-refractivity contribution < 1.29 is 20.3 Å². The molecule has 4 rings (SSSR count). The summed E-state index contributed by atoms with van der Waals surface area (Å²) in [6.45, 7) is 6.50. The van der Waals surface area contributed by atoms with Crippen molar-refractivity contribution in [3.05, 3.63) is 73.6 Å². The number of aromatic nitrogens is 2. The van der Waals surface area contributed by atoms with Gasteiger partial charge in [0, 0.05) is 44.0 Å². The van der Waals surface area contributed by atoms with E-state index in [9.17, 15) is 24.6 Å². The summed E-state index contributed by atoms with van der Waals surface area (Å²) < 4.78 is 1.70. The molecule has 184 valence electrons.